The molecule has 0 aromatic heterocycles. The number of aryl methyl sites for hydroxylation is 1. The molecule has 3 nitrogen and oxygen atoms in total. The van der Waals surface area contributed by atoms with Crippen LogP contribution in [-0.4, -0.2) is 15.5 Å². The van der Waals surface area contributed by atoms with Gasteiger partial charge in [0.15, 0.2) is 0 Å². The predicted octanol–water partition coefficient (Wildman–Crippen LogP) is 1.93. The van der Waals surface area contributed by atoms with E-state index >= 15 is 0 Å². The lowest BCUT2D eigenvalue weighted by atomic mass is 10.2. The Hall–Kier alpha value is -0.740. The van der Waals surface area contributed by atoms with Gasteiger partial charge in [-0.05, 0) is 18.6 Å². The van der Waals surface area contributed by atoms with Gasteiger partial charge in [0.05, 0.1) is 12.0 Å². The molecule has 0 atom stereocenters. The molecule has 0 heterocycles. The Balaban J connectivity index is 3.30. The highest BCUT2D eigenvalue weighted by molar-refractivity contribution is 8.13. The van der Waals surface area contributed by atoms with E-state index in [4.69, 9.17) is 15.4 Å². The monoisotopic (exact) mass is 220 g/mol. The Kier molecular flexibility index (Phi) is 2.83. The van der Waals surface area contributed by atoms with E-state index in [1.807, 2.05) is 6.92 Å². The van der Waals surface area contributed by atoms with E-state index in [1.165, 1.54) is 19.2 Å². The first-order valence-electron chi connectivity index (χ1n) is 3.54. The average molecular weight is 221 g/mol. The first-order chi connectivity index (χ1) is 5.95. The van der Waals surface area contributed by atoms with Gasteiger partial charge >= 0.3 is 0 Å². The van der Waals surface area contributed by atoms with E-state index in [9.17, 15) is 8.42 Å². The largest absolute Gasteiger partial charge is 0.496 e. The molecule has 5 heteroatoms. The number of rotatable bonds is 2. The highest BCUT2D eigenvalue weighted by Crippen LogP contribution is 2.23. The molecule has 1 aromatic rings. The zero-order valence-corrected chi connectivity index (χ0v) is 8.82. The van der Waals surface area contributed by atoms with Crippen LogP contribution >= 0.6 is 10.7 Å². The van der Waals surface area contributed by atoms with Crippen molar-refractivity contribution in [3.05, 3.63) is 23.8 Å². The summed E-state index contributed by atoms with van der Waals surface area (Å²) in [4.78, 5) is 0.0524. The molecule has 0 saturated heterocycles. The van der Waals surface area contributed by atoms with Crippen LogP contribution in [0.1, 0.15) is 5.56 Å². The number of methoxy groups -OCH3 is 1. The van der Waals surface area contributed by atoms with Crippen molar-refractivity contribution in [2.45, 2.75) is 11.8 Å². The van der Waals surface area contributed by atoms with Crippen LogP contribution in [0.4, 0.5) is 0 Å². The van der Waals surface area contributed by atoms with Crippen molar-refractivity contribution in [3.63, 3.8) is 0 Å². The maximum Gasteiger partial charge on any atom is 0.261 e. The molecule has 0 radical (unpaired) electrons. The topological polar surface area (TPSA) is 43.4 Å². The minimum absolute atomic E-state index is 0.0524. The highest BCUT2D eigenvalue weighted by Gasteiger charge is 2.11. The summed E-state index contributed by atoms with van der Waals surface area (Å²) in [6.07, 6.45) is 0. The quantitative estimate of drug-likeness (QED) is 0.716. The summed E-state index contributed by atoms with van der Waals surface area (Å²) < 4.78 is 26.8. The molecule has 0 saturated carbocycles. The molecular formula is C8H9ClO3S. The molecule has 0 N–H and O–H groups in total. The van der Waals surface area contributed by atoms with Gasteiger partial charge in [0.25, 0.3) is 9.05 Å². The minimum Gasteiger partial charge on any atom is -0.496 e. The Morgan fingerprint density at radius 1 is 1.38 bits per heavy atom. The van der Waals surface area contributed by atoms with Crippen molar-refractivity contribution < 1.29 is 13.2 Å². The molecule has 0 bridgehead atoms. The molecule has 0 unspecified atom stereocenters. The lowest BCUT2D eigenvalue weighted by molar-refractivity contribution is 0.410. The number of benzene rings is 1. The van der Waals surface area contributed by atoms with E-state index in [2.05, 4.69) is 0 Å². The van der Waals surface area contributed by atoms with Crippen LogP contribution in [0, 0.1) is 6.92 Å². The fourth-order valence-corrected chi connectivity index (χ4v) is 1.72. The maximum absolute atomic E-state index is 10.9. The molecule has 1 aromatic carbocycles. The van der Waals surface area contributed by atoms with Gasteiger partial charge in [-0.2, -0.15) is 0 Å². The molecule has 0 fully saturated rings. The molecule has 0 spiro atoms. The first kappa shape index (κ1) is 10.3. The summed E-state index contributed by atoms with van der Waals surface area (Å²) in [6, 6.07) is 4.49. The molecule has 0 amide bonds. The minimum atomic E-state index is -3.66. The Bertz CT molecular complexity index is 411. The Labute approximate surface area is 81.7 Å². The van der Waals surface area contributed by atoms with Gasteiger partial charge in [-0.1, -0.05) is 6.07 Å². The van der Waals surface area contributed by atoms with Crippen LogP contribution in [0.5, 0.6) is 5.75 Å². The summed E-state index contributed by atoms with van der Waals surface area (Å²) in [5.74, 6) is 0.515. The fourth-order valence-electron chi connectivity index (χ4n) is 0.952. The Morgan fingerprint density at radius 2 is 2.00 bits per heavy atom. The van der Waals surface area contributed by atoms with Gasteiger partial charge in [0, 0.05) is 16.7 Å². The van der Waals surface area contributed by atoms with Gasteiger partial charge in [0.2, 0.25) is 0 Å². The van der Waals surface area contributed by atoms with Gasteiger partial charge in [-0.15, -0.1) is 0 Å². The SMILES string of the molecule is COc1cc(S(=O)(=O)Cl)ccc1C. The van der Waals surface area contributed by atoms with Crippen LogP contribution in [0.3, 0.4) is 0 Å². The fraction of sp³-hybridized carbons (Fsp3) is 0.250. The molecule has 72 valence electrons. The van der Waals surface area contributed by atoms with E-state index in [0.717, 1.165) is 5.56 Å². The van der Waals surface area contributed by atoms with Crippen molar-refractivity contribution in [1.29, 1.82) is 0 Å². The standard InChI is InChI=1S/C8H9ClO3S/c1-6-3-4-7(13(9,10)11)5-8(6)12-2/h3-5H,1-2H3. The third kappa shape index (κ3) is 2.35. The smallest absolute Gasteiger partial charge is 0.261 e. The second-order valence-corrected chi connectivity index (χ2v) is 5.14. The first-order valence-corrected chi connectivity index (χ1v) is 5.85. The van der Waals surface area contributed by atoms with E-state index in [-0.39, 0.29) is 4.90 Å². The van der Waals surface area contributed by atoms with Crippen LogP contribution < -0.4 is 4.74 Å². The van der Waals surface area contributed by atoms with E-state index in [1.54, 1.807) is 6.07 Å². The van der Waals surface area contributed by atoms with Crippen LogP contribution in [0.15, 0.2) is 23.1 Å². The van der Waals surface area contributed by atoms with Crippen LogP contribution in [0.2, 0.25) is 0 Å². The number of hydrogen-bond acceptors (Lipinski definition) is 3. The van der Waals surface area contributed by atoms with Crippen molar-refractivity contribution in [2.24, 2.45) is 0 Å². The van der Waals surface area contributed by atoms with E-state index in [0.29, 0.717) is 5.75 Å². The normalized spacial score (nSPS) is 11.3. The summed E-state index contributed by atoms with van der Waals surface area (Å²) in [5.41, 5.74) is 0.867. The lowest BCUT2D eigenvalue weighted by Gasteiger charge is -2.04. The maximum atomic E-state index is 10.9. The summed E-state index contributed by atoms with van der Waals surface area (Å²) in [5, 5.41) is 0. The molecule has 0 aliphatic heterocycles. The van der Waals surface area contributed by atoms with Gasteiger partial charge < -0.3 is 4.74 Å². The average Bonchev–Trinajstić information content (AvgIpc) is 2.03. The van der Waals surface area contributed by atoms with Crippen LogP contribution in [-0.2, 0) is 9.05 Å². The second kappa shape index (κ2) is 3.55. The van der Waals surface area contributed by atoms with Gasteiger partial charge in [0.1, 0.15) is 5.75 Å². The van der Waals surface area contributed by atoms with Crippen molar-refractivity contribution in [1.82, 2.24) is 0 Å². The molecule has 1 rings (SSSR count). The van der Waals surface area contributed by atoms with Crippen molar-refractivity contribution in [2.75, 3.05) is 7.11 Å². The molecule has 13 heavy (non-hydrogen) atoms. The number of hydrogen-bond donors (Lipinski definition) is 0. The van der Waals surface area contributed by atoms with E-state index < -0.39 is 9.05 Å². The lowest BCUT2D eigenvalue weighted by Crippen LogP contribution is -1.93. The van der Waals surface area contributed by atoms with Gasteiger partial charge in [-0.3, -0.25) is 0 Å². The number of ether oxygens (including phenoxy) is 1. The third-order valence-electron chi connectivity index (χ3n) is 1.66. The van der Waals surface area contributed by atoms with Crippen molar-refractivity contribution >= 4 is 19.7 Å². The molecule has 0 aliphatic carbocycles. The zero-order valence-electron chi connectivity index (χ0n) is 7.24. The van der Waals surface area contributed by atoms with Crippen molar-refractivity contribution in [3.8, 4) is 5.75 Å². The Morgan fingerprint density at radius 3 is 2.46 bits per heavy atom. The second-order valence-electron chi connectivity index (χ2n) is 2.57. The molecular weight excluding hydrogens is 212 g/mol. The predicted molar refractivity (Wildman–Crippen MR) is 50.8 cm³/mol. The van der Waals surface area contributed by atoms with Gasteiger partial charge in [-0.25, -0.2) is 8.42 Å². The highest BCUT2D eigenvalue weighted by atomic mass is 35.7. The summed E-state index contributed by atoms with van der Waals surface area (Å²) in [6.45, 7) is 1.82. The third-order valence-corrected chi connectivity index (χ3v) is 3.01. The summed E-state index contributed by atoms with van der Waals surface area (Å²) in [7, 11) is 2.98. The molecule has 0 aliphatic rings. The zero-order chi connectivity index (χ0) is 10.1. The number of halogens is 1. The summed E-state index contributed by atoms with van der Waals surface area (Å²) >= 11 is 0. The van der Waals surface area contributed by atoms with Crippen LogP contribution in [0.25, 0.3) is 0 Å².